The summed E-state index contributed by atoms with van der Waals surface area (Å²) < 4.78 is 5.16. The van der Waals surface area contributed by atoms with Gasteiger partial charge in [-0.05, 0) is 44.2 Å². The first kappa shape index (κ1) is 19.4. The van der Waals surface area contributed by atoms with Crippen LogP contribution in [0.15, 0.2) is 0 Å². The Hall–Kier alpha value is -0.603. The molecule has 1 N–H and O–H groups in total. The summed E-state index contributed by atoms with van der Waals surface area (Å²) in [6, 6.07) is 3.68. The lowest BCUT2D eigenvalue weighted by Gasteiger charge is -2.20. The van der Waals surface area contributed by atoms with Crippen molar-refractivity contribution in [2.75, 3.05) is 12.3 Å². The Kier molecular flexibility index (Phi) is 9.07. The third-order valence-electron chi connectivity index (χ3n) is 3.29. The van der Waals surface area contributed by atoms with E-state index in [1.165, 1.54) is 18.1 Å². The third kappa shape index (κ3) is 8.54. The van der Waals surface area contributed by atoms with Crippen LogP contribution in [0.1, 0.15) is 41.5 Å². The summed E-state index contributed by atoms with van der Waals surface area (Å²) >= 11 is 1.59. The lowest BCUT2D eigenvalue weighted by atomic mass is 10.2. The largest absolute Gasteiger partial charge is 0.444 e. The fraction of sp³-hybridized carbons (Fsp3) is 0.800. The minimum Gasteiger partial charge on any atom is -0.444 e. The Morgan fingerprint density at radius 3 is 2.20 bits per heavy atom. The predicted octanol–water partition coefficient (Wildman–Crippen LogP) is 4.25. The average molecular weight is 316 g/mol. The molecule has 0 atom stereocenters. The van der Waals surface area contributed by atoms with Gasteiger partial charge in [0.05, 0.1) is 0 Å². The highest BCUT2D eigenvalue weighted by atomic mass is 32.2. The zero-order valence-corrected chi connectivity index (χ0v) is 15.6. The van der Waals surface area contributed by atoms with Crippen LogP contribution in [-0.2, 0) is 4.74 Å². The van der Waals surface area contributed by atoms with Crippen LogP contribution < -0.4 is 5.32 Å². The number of alkyl carbamates (subject to hydrolysis) is 1. The Bertz CT molecular complexity index is 343. The van der Waals surface area contributed by atoms with Crippen molar-refractivity contribution in [1.82, 2.24) is 5.32 Å². The van der Waals surface area contributed by atoms with Crippen LogP contribution in [0, 0.1) is 10.8 Å². The highest BCUT2D eigenvalue weighted by molar-refractivity contribution is 8.03. The van der Waals surface area contributed by atoms with Gasteiger partial charge in [-0.1, -0.05) is 32.5 Å². The molecule has 0 unspecified atom stereocenters. The van der Waals surface area contributed by atoms with Crippen LogP contribution >= 0.6 is 11.8 Å². The molecule has 0 spiro atoms. The molecule has 0 aliphatic heterocycles. The smallest absolute Gasteiger partial charge is 0.407 e. The molecule has 0 aliphatic carbocycles. The van der Waals surface area contributed by atoms with E-state index in [0.29, 0.717) is 6.54 Å². The molecule has 0 aliphatic rings. The van der Waals surface area contributed by atoms with Gasteiger partial charge >= 0.3 is 6.09 Å². The van der Waals surface area contributed by atoms with Crippen molar-refractivity contribution in [3.05, 3.63) is 0 Å². The van der Waals surface area contributed by atoms with Crippen molar-refractivity contribution in [3.63, 3.8) is 0 Å². The van der Waals surface area contributed by atoms with E-state index < -0.39 is 13.7 Å². The minimum atomic E-state index is -1.33. The van der Waals surface area contributed by atoms with Crippen LogP contribution in [-0.4, -0.2) is 32.1 Å². The quantitative estimate of drug-likeness (QED) is 0.452. The Morgan fingerprint density at radius 2 is 1.75 bits per heavy atom. The standard InChI is InChI=1S/C15H29NO2SSi/c1-7-20(8-2,9-3)13-12-19-11-10-16-14(17)18-15(4,5)6/h7-11H2,1-6H3,(H,16,17). The molecular weight excluding hydrogens is 286 g/mol. The lowest BCUT2D eigenvalue weighted by molar-refractivity contribution is 0.0531. The van der Waals surface area contributed by atoms with Crippen molar-refractivity contribution in [3.8, 4) is 10.8 Å². The molecule has 3 nitrogen and oxygen atoms in total. The maximum atomic E-state index is 11.4. The number of rotatable bonds is 6. The van der Waals surface area contributed by atoms with Crippen LogP contribution in [0.2, 0.25) is 18.1 Å². The van der Waals surface area contributed by atoms with E-state index in [0.717, 1.165) is 5.75 Å². The molecule has 0 saturated heterocycles. The number of carbonyl (C=O) groups is 1. The highest BCUT2D eigenvalue weighted by Gasteiger charge is 2.24. The van der Waals surface area contributed by atoms with E-state index in [1.807, 2.05) is 20.8 Å². The van der Waals surface area contributed by atoms with Gasteiger partial charge in [0.25, 0.3) is 0 Å². The maximum Gasteiger partial charge on any atom is 0.407 e. The number of hydrogen-bond donors (Lipinski definition) is 1. The molecule has 0 saturated carbocycles. The molecule has 0 rings (SSSR count). The van der Waals surface area contributed by atoms with Gasteiger partial charge in [-0.3, -0.25) is 0 Å². The van der Waals surface area contributed by atoms with E-state index in [-0.39, 0.29) is 6.09 Å². The molecule has 116 valence electrons. The average Bonchev–Trinajstić information content (AvgIpc) is 2.37. The SMILES string of the molecule is CC[Si](C#CSCCNC(=O)OC(C)(C)C)(CC)CC. The number of carbonyl (C=O) groups excluding carboxylic acids is 1. The van der Waals surface area contributed by atoms with Gasteiger partial charge in [0, 0.05) is 12.3 Å². The number of nitrogens with one attached hydrogen (secondary N) is 1. The molecule has 0 heterocycles. The van der Waals surface area contributed by atoms with Crippen LogP contribution in [0.25, 0.3) is 0 Å². The summed E-state index contributed by atoms with van der Waals surface area (Å²) in [5.74, 6) is 0.799. The number of thioether (sulfide) groups is 1. The monoisotopic (exact) mass is 315 g/mol. The molecule has 5 heteroatoms. The van der Waals surface area contributed by atoms with Crippen molar-refractivity contribution in [1.29, 1.82) is 0 Å². The van der Waals surface area contributed by atoms with E-state index in [1.54, 1.807) is 11.8 Å². The Labute approximate surface area is 129 Å². The zero-order chi connectivity index (χ0) is 15.6. The van der Waals surface area contributed by atoms with Gasteiger partial charge in [0.1, 0.15) is 13.7 Å². The second kappa shape index (κ2) is 9.35. The molecule has 20 heavy (non-hydrogen) atoms. The van der Waals surface area contributed by atoms with E-state index in [9.17, 15) is 4.79 Å². The van der Waals surface area contributed by atoms with Gasteiger partial charge < -0.3 is 10.1 Å². The first-order chi connectivity index (χ1) is 9.28. The zero-order valence-electron chi connectivity index (χ0n) is 13.8. The summed E-state index contributed by atoms with van der Waals surface area (Å²) in [7, 11) is -1.33. The predicted molar refractivity (Wildman–Crippen MR) is 91.7 cm³/mol. The van der Waals surface area contributed by atoms with Crippen LogP contribution in [0.5, 0.6) is 0 Å². The molecule has 0 radical (unpaired) electrons. The van der Waals surface area contributed by atoms with E-state index in [2.05, 4.69) is 36.9 Å². The molecule has 0 aromatic carbocycles. The normalized spacial score (nSPS) is 11.5. The Balaban J connectivity index is 3.96. The molecule has 0 aromatic heterocycles. The van der Waals surface area contributed by atoms with Gasteiger partial charge in [0.2, 0.25) is 0 Å². The summed E-state index contributed by atoms with van der Waals surface area (Å²) in [5, 5.41) is 5.98. The number of ether oxygens (including phenoxy) is 1. The fourth-order valence-corrected chi connectivity index (χ4v) is 5.22. The van der Waals surface area contributed by atoms with Crippen molar-refractivity contribution in [2.45, 2.75) is 65.3 Å². The highest BCUT2D eigenvalue weighted by Crippen LogP contribution is 2.19. The first-order valence-electron chi connectivity index (χ1n) is 7.39. The van der Waals surface area contributed by atoms with Crippen LogP contribution in [0.3, 0.4) is 0 Å². The van der Waals surface area contributed by atoms with Gasteiger partial charge in [-0.2, -0.15) is 0 Å². The summed E-state index contributed by atoms with van der Waals surface area (Å²) in [6.45, 7) is 12.9. The molecule has 0 bridgehead atoms. The first-order valence-corrected chi connectivity index (χ1v) is 11.0. The second-order valence-corrected chi connectivity index (χ2v) is 11.7. The van der Waals surface area contributed by atoms with E-state index in [4.69, 9.17) is 4.74 Å². The summed E-state index contributed by atoms with van der Waals surface area (Å²) in [5.41, 5.74) is 3.08. The number of hydrogen-bond acceptors (Lipinski definition) is 3. The molecule has 0 aromatic rings. The van der Waals surface area contributed by atoms with Gasteiger partial charge in [0.15, 0.2) is 0 Å². The summed E-state index contributed by atoms with van der Waals surface area (Å²) in [6.07, 6.45) is -0.356. The maximum absolute atomic E-state index is 11.4. The minimum absolute atomic E-state index is 0.356. The van der Waals surface area contributed by atoms with Crippen molar-refractivity contribution >= 4 is 25.9 Å². The topological polar surface area (TPSA) is 38.3 Å². The number of amides is 1. The third-order valence-corrected chi connectivity index (χ3v) is 8.84. The van der Waals surface area contributed by atoms with Crippen LogP contribution in [0.4, 0.5) is 4.79 Å². The van der Waals surface area contributed by atoms with Crippen molar-refractivity contribution < 1.29 is 9.53 Å². The lowest BCUT2D eigenvalue weighted by Crippen LogP contribution is -2.33. The molecule has 1 amide bonds. The summed E-state index contributed by atoms with van der Waals surface area (Å²) in [4.78, 5) is 11.4. The second-order valence-electron chi connectivity index (χ2n) is 5.85. The van der Waals surface area contributed by atoms with Gasteiger partial charge in [-0.25, -0.2) is 4.79 Å². The Morgan fingerprint density at radius 1 is 1.20 bits per heavy atom. The van der Waals surface area contributed by atoms with Gasteiger partial charge in [-0.15, -0.1) is 5.54 Å². The fourth-order valence-electron chi connectivity index (χ4n) is 1.73. The van der Waals surface area contributed by atoms with E-state index >= 15 is 0 Å². The van der Waals surface area contributed by atoms with Crippen molar-refractivity contribution in [2.24, 2.45) is 0 Å². The molecular formula is C15H29NO2SSi. The molecule has 0 fully saturated rings.